The smallest absolute Gasteiger partial charge is 0.242 e. The van der Waals surface area contributed by atoms with E-state index in [1.54, 1.807) is 6.92 Å². The third-order valence-corrected chi connectivity index (χ3v) is 1.98. The van der Waals surface area contributed by atoms with E-state index >= 15 is 0 Å². The molecule has 0 saturated carbocycles. The summed E-state index contributed by atoms with van der Waals surface area (Å²) < 4.78 is 0. The zero-order chi connectivity index (χ0) is 7.72. The molecule has 0 radical (unpaired) electrons. The molecule has 56 valence electrons. The van der Waals surface area contributed by atoms with Crippen molar-refractivity contribution in [3.63, 3.8) is 0 Å². The van der Waals surface area contributed by atoms with E-state index in [1.165, 1.54) is 0 Å². The second-order valence-electron chi connectivity index (χ2n) is 2.46. The Kier molecular flexibility index (Phi) is 1.89. The highest BCUT2D eigenvalue weighted by atomic mass is 32.1. The Morgan fingerprint density at radius 1 is 1.30 bits per heavy atom. The third kappa shape index (κ3) is 1.26. The molecule has 1 rings (SSSR count). The normalized spacial score (nSPS) is 33.0. The first-order valence-corrected chi connectivity index (χ1v) is 3.63. The van der Waals surface area contributed by atoms with Gasteiger partial charge < -0.3 is 10.6 Å². The van der Waals surface area contributed by atoms with Gasteiger partial charge in [0.15, 0.2) is 0 Å². The van der Waals surface area contributed by atoms with Gasteiger partial charge in [-0.25, -0.2) is 0 Å². The van der Waals surface area contributed by atoms with Gasteiger partial charge in [0, 0.05) is 0 Å². The second kappa shape index (κ2) is 2.54. The van der Waals surface area contributed by atoms with Crippen LogP contribution in [0.15, 0.2) is 0 Å². The van der Waals surface area contributed by atoms with E-state index in [0.29, 0.717) is 4.99 Å². The zero-order valence-electron chi connectivity index (χ0n) is 5.97. The van der Waals surface area contributed by atoms with Gasteiger partial charge in [-0.1, -0.05) is 12.2 Å². The molecular formula is C6H10N2OS. The Bertz CT molecular complexity index is 161. The van der Waals surface area contributed by atoms with Crippen LogP contribution in [0.1, 0.15) is 13.8 Å². The van der Waals surface area contributed by atoms with Gasteiger partial charge in [0.05, 0.1) is 11.0 Å². The third-order valence-electron chi connectivity index (χ3n) is 1.50. The number of hydrogen-bond donors (Lipinski definition) is 2. The summed E-state index contributed by atoms with van der Waals surface area (Å²) in [5.41, 5.74) is 0. The maximum absolute atomic E-state index is 10.9. The molecule has 1 amide bonds. The van der Waals surface area contributed by atoms with Crippen molar-refractivity contribution in [2.45, 2.75) is 25.9 Å². The predicted molar refractivity (Wildman–Crippen MR) is 42.8 cm³/mol. The molecule has 2 N–H and O–H groups in total. The Morgan fingerprint density at radius 2 is 1.90 bits per heavy atom. The Hall–Kier alpha value is -0.640. The molecule has 0 aromatic carbocycles. The van der Waals surface area contributed by atoms with Crippen LogP contribution in [0, 0.1) is 0 Å². The average Bonchev–Trinajstić information content (AvgIpc) is 1.84. The van der Waals surface area contributed by atoms with E-state index in [1.807, 2.05) is 6.92 Å². The van der Waals surface area contributed by atoms with Crippen molar-refractivity contribution in [2.75, 3.05) is 0 Å². The highest BCUT2D eigenvalue weighted by Crippen LogP contribution is 1.96. The van der Waals surface area contributed by atoms with Gasteiger partial charge in [-0.05, 0) is 13.8 Å². The quantitative estimate of drug-likeness (QED) is 0.480. The van der Waals surface area contributed by atoms with Gasteiger partial charge in [0.1, 0.15) is 6.04 Å². The minimum atomic E-state index is -0.177. The summed E-state index contributed by atoms with van der Waals surface area (Å²) in [6, 6.07) is -0.192. The maximum Gasteiger partial charge on any atom is 0.242 e. The number of thiocarbonyl (C=S) groups is 1. The van der Waals surface area contributed by atoms with Gasteiger partial charge in [0.2, 0.25) is 5.91 Å². The number of piperazine rings is 1. The van der Waals surface area contributed by atoms with Crippen molar-refractivity contribution in [3.05, 3.63) is 0 Å². The summed E-state index contributed by atoms with van der Waals surface area (Å²) in [5.74, 6) is 0.0149. The number of carbonyl (C=O) groups is 1. The molecule has 1 saturated heterocycles. The maximum atomic E-state index is 10.9. The fourth-order valence-electron chi connectivity index (χ4n) is 0.808. The van der Waals surface area contributed by atoms with Gasteiger partial charge in [-0.15, -0.1) is 0 Å². The summed E-state index contributed by atoms with van der Waals surface area (Å²) in [6.45, 7) is 3.65. The van der Waals surface area contributed by atoms with Crippen molar-refractivity contribution >= 4 is 23.1 Å². The van der Waals surface area contributed by atoms with Crippen LogP contribution in [-0.2, 0) is 4.79 Å². The fraction of sp³-hybridized carbons (Fsp3) is 0.667. The van der Waals surface area contributed by atoms with E-state index < -0.39 is 0 Å². The van der Waals surface area contributed by atoms with Gasteiger partial charge in [-0.3, -0.25) is 4.79 Å². The number of amides is 1. The predicted octanol–water partition coefficient (Wildman–Crippen LogP) is -0.190. The molecule has 0 aromatic rings. The number of nitrogens with one attached hydrogen (secondary N) is 2. The van der Waals surface area contributed by atoms with Crippen LogP contribution in [0.25, 0.3) is 0 Å². The van der Waals surface area contributed by atoms with Crippen LogP contribution >= 0.6 is 12.2 Å². The van der Waals surface area contributed by atoms with E-state index in [4.69, 9.17) is 12.2 Å². The Balaban J connectivity index is 2.63. The molecule has 1 aliphatic rings. The first-order chi connectivity index (χ1) is 4.61. The molecule has 4 heteroatoms. The average molecular weight is 158 g/mol. The van der Waals surface area contributed by atoms with E-state index in [9.17, 15) is 4.79 Å². The zero-order valence-corrected chi connectivity index (χ0v) is 6.79. The van der Waals surface area contributed by atoms with Gasteiger partial charge in [0.25, 0.3) is 0 Å². The summed E-state index contributed by atoms with van der Waals surface area (Å²) >= 11 is 4.93. The van der Waals surface area contributed by atoms with Crippen LogP contribution in [0.5, 0.6) is 0 Å². The minimum Gasteiger partial charge on any atom is -0.367 e. The van der Waals surface area contributed by atoms with Crippen LogP contribution in [0.3, 0.4) is 0 Å². The lowest BCUT2D eigenvalue weighted by Gasteiger charge is -2.27. The Morgan fingerprint density at radius 3 is 2.40 bits per heavy atom. The Labute approximate surface area is 65.2 Å². The summed E-state index contributed by atoms with van der Waals surface area (Å²) in [6.07, 6.45) is 0. The summed E-state index contributed by atoms with van der Waals surface area (Å²) in [4.78, 5) is 11.6. The molecule has 1 heterocycles. The topological polar surface area (TPSA) is 41.1 Å². The lowest BCUT2D eigenvalue weighted by atomic mass is 10.2. The molecule has 1 fully saturated rings. The monoisotopic (exact) mass is 158 g/mol. The molecule has 1 aliphatic heterocycles. The molecule has 0 aromatic heterocycles. The van der Waals surface area contributed by atoms with Crippen molar-refractivity contribution in [1.82, 2.24) is 10.6 Å². The molecule has 2 unspecified atom stereocenters. The summed E-state index contributed by atoms with van der Waals surface area (Å²) in [7, 11) is 0. The molecule has 10 heavy (non-hydrogen) atoms. The van der Waals surface area contributed by atoms with Crippen LogP contribution in [0.4, 0.5) is 0 Å². The largest absolute Gasteiger partial charge is 0.367 e. The fourth-order valence-corrected chi connectivity index (χ4v) is 1.04. The van der Waals surface area contributed by atoms with E-state index in [0.717, 1.165) is 0 Å². The molecular weight excluding hydrogens is 148 g/mol. The molecule has 2 atom stereocenters. The van der Waals surface area contributed by atoms with E-state index in [2.05, 4.69) is 10.6 Å². The highest BCUT2D eigenvalue weighted by Gasteiger charge is 2.24. The lowest BCUT2D eigenvalue weighted by molar-refractivity contribution is -0.123. The standard InChI is InChI=1S/C6H10N2OS/c1-3-5(9)7-4(2)6(10)8-3/h3-4H,1-2H3,(H,7,9)(H,8,10). The molecule has 0 aliphatic carbocycles. The van der Waals surface area contributed by atoms with E-state index in [-0.39, 0.29) is 18.0 Å². The number of rotatable bonds is 0. The SMILES string of the molecule is CC1NC(=S)C(C)NC1=O. The van der Waals surface area contributed by atoms with Crippen LogP contribution in [-0.4, -0.2) is 23.0 Å². The van der Waals surface area contributed by atoms with Crippen molar-refractivity contribution in [3.8, 4) is 0 Å². The second-order valence-corrected chi connectivity index (χ2v) is 2.90. The van der Waals surface area contributed by atoms with Crippen LogP contribution < -0.4 is 10.6 Å². The van der Waals surface area contributed by atoms with Gasteiger partial charge in [-0.2, -0.15) is 0 Å². The molecule has 0 spiro atoms. The van der Waals surface area contributed by atoms with Crippen molar-refractivity contribution < 1.29 is 4.79 Å². The highest BCUT2D eigenvalue weighted by molar-refractivity contribution is 7.80. The molecule has 3 nitrogen and oxygen atoms in total. The first-order valence-electron chi connectivity index (χ1n) is 3.22. The number of carbonyl (C=O) groups excluding carboxylic acids is 1. The number of hydrogen-bond acceptors (Lipinski definition) is 2. The summed E-state index contributed by atoms with van der Waals surface area (Å²) in [5, 5.41) is 5.63. The van der Waals surface area contributed by atoms with Gasteiger partial charge >= 0.3 is 0 Å². The van der Waals surface area contributed by atoms with Crippen molar-refractivity contribution in [2.24, 2.45) is 0 Å². The van der Waals surface area contributed by atoms with Crippen LogP contribution in [0.2, 0.25) is 0 Å². The molecule has 0 bridgehead atoms. The lowest BCUT2D eigenvalue weighted by Crippen LogP contribution is -2.58. The first kappa shape index (κ1) is 7.47. The minimum absolute atomic E-state index is 0.0149. The van der Waals surface area contributed by atoms with Crippen molar-refractivity contribution in [1.29, 1.82) is 0 Å².